The predicted molar refractivity (Wildman–Crippen MR) is 105 cm³/mol. The molecule has 146 valence electrons. The van der Waals surface area contributed by atoms with E-state index >= 15 is 0 Å². The maximum Gasteiger partial charge on any atom is 0.373 e. The van der Waals surface area contributed by atoms with E-state index in [1.807, 2.05) is 54.6 Å². The molecule has 29 heavy (non-hydrogen) atoms. The van der Waals surface area contributed by atoms with E-state index < -0.39 is 18.0 Å². The number of hydrogen-bond acceptors (Lipinski definition) is 3. The first kappa shape index (κ1) is 20.5. The summed E-state index contributed by atoms with van der Waals surface area (Å²) >= 11 is 0. The number of aromatic nitrogens is 1. The molecule has 4 rings (SSSR count). The van der Waals surface area contributed by atoms with Crippen LogP contribution < -0.4 is 26.3 Å². The van der Waals surface area contributed by atoms with Gasteiger partial charge in [0.2, 0.25) is 11.0 Å². The molecule has 1 aromatic heterocycles. The monoisotopic (exact) mass is 451 g/mol. The van der Waals surface area contributed by atoms with Gasteiger partial charge in [0.1, 0.15) is 5.75 Å². The highest BCUT2D eigenvalue weighted by Gasteiger charge is 2.31. The molecule has 0 fully saturated rings. The number of carbonyl (C=O) groups is 2. The molecule has 0 saturated carbocycles. The lowest BCUT2D eigenvalue weighted by Crippen LogP contribution is -3.00. The van der Waals surface area contributed by atoms with Crippen LogP contribution in [0.25, 0.3) is 21.8 Å². The average molecular weight is 452 g/mol. The molecule has 3 aromatic carbocycles. The van der Waals surface area contributed by atoms with Crippen LogP contribution in [-0.4, -0.2) is 17.0 Å². The fourth-order valence-corrected chi connectivity index (χ4v) is 3.46. The summed E-state index contributed by atoms with van der Waals surface area (Å²) < 4.78 is 7.34. The lowest BCUT2D eigenvalue weighted by molar-refractivity contribution is -0.657. The van der Waals surface area contributed by atoms with E-state index in [0.29, 0.717) is 33.1 Å². The number of ether oxygens (including phenoxy) is 1. The number of para-hydroxylation sites is 3. The van der Waals surface area contributed by atoms with Gasteiger partial charge in [-0.15, -0.1) is 0 Å². The van der Waals surface area contributed by atoms with Gasteiger partial charge in [0.05, 0.1) is 16.3 Å². The Hall–Kier alpha value is -3.25. The Balaban J connectivity index is 0.00000240. The molecule has 4 aromatic rings. The number of carboxylic acid groups (broad SMARTS) is 1. The Kier molecular flexibility index (Phi) is 5.94. The van der Waals surface area contributed by atoms with Gasteiger partial charge in [0, 0.05) is 19.1 Å². The van der Waals surface area contributed by atoms with Crippen molar-refractivity contribution in [1.29, 1.82) is 0 Å². The summed E-state index contributed by atoms with van der Waals surface area (Å²) in [5, 5.41) is 10.9. The number of esters is 1. The first-order valence-electron chi connectivity index (χ1n) is 8.93. The van der Waals surface area contributed by atoms with Crippen molar-refractivity contribution in [2.24, 2.45) is 0 Å². The normalized spacial score (nSPS) is 11.6. The molecule has 0 amide bonds. The highest BCUT2D eigenvalue weighted by atomic mass is 79.9. The molecule has 5 nitrogen and oxygen atoms in total. The Morgan fingerprint density at radius 3 is 1.83 bits per heavy atom. The Labute approximate surface area is 177 Å². The SMILES string of the molecule is CC(C(=O)O)[n+]1c2ccccc2c(C(=O)Oc2ccccc2)c2ccccc21.[Br-]. The second kappa shape index (κ2) is 8.41. The number of rotatable bonds is 4. The first-order valence-corrected chi connectivity index (χ1v) is 8.93. The van der Waals surface area contributed by atoms with E-state index in [2.05, 4.69) is 0 Å². The average Bonchev–Trinajstić information content (AvgIpc) is 2.72. The molecule has 0 saturated heterocycles. The molecule has 0 aliphatic carbocycles. The third-order valence-corrected chi connectivity index (χ3v) is 4.77. The molecule has 0 bridgehead atoms. The van der Waals surface area contributed by atoms with Crippen LogP contribution in [0.3, 0.4) is 0 Å². The zero-order valence-electron chi connectivity index (χ0n) is 15.6. The second-order valence-electron chi connectivity index (χ2n) is 6.50. The van der Waals surface area contributed by atoms with Crippen LogP contribution in [0.2, 0.25) is 0 Å². The van der Waals surface area contributed by atoms with Crippen molar-refractivity contribution in [1.82, 2.24) is 0 Å². The quantitative estimate of drug-likeness (QED) is 0.218. The highest BCUT2D eigenvalue weighted by Crippen LogP contribution is 2.27. The van der Waals surface area contributed by atoms with Crippen molar-refractivity contribution >= 4 is 33.7 Å². The largest absolute Gasteiger partial charge is 1.00 e. The van der Waals surface area contributed by atoms with E-state index in [-0.39, 0.29) is 17.0 Å². The number of aliphatic carboxylic acids is 1. The number of fused-ring (bicyclic) bond motifs is 2. The molecule has 1 N–H and O–H groups in total. The number of hydrogen-bond donors (Lipinski definition) is 1. The second-order valence-corrected chi connectivity index (χ2v) is 6.50. The maximum absolute atomic E-state index is 13.1. The minimum atomic E-state index is -0.945. The minimum absolute atomic E-state index is 0. The van der Waals surface area contributed by atoms with Crippen LogP contribution in [0.4, 0.5) is 0 Å². The highest BCUT2D eigenvalue weighted by molar-refractivity contribution is 6.13. The van der Waals surface area contributed by atoms with Crippen LogP contribution in [0.5, 0.6) is 5.75 Å². The van der Waals surface area contributed by atoms with Gasteiger partial charge in [-0.05, 0) is 24.3 Å². The summed E-state index contributed by atoms with van der Waals surface area (Å²) in [6.45, 7) is 1.63. The number of nitrogens with zero attached hydrogens (tertiary/aromatic N) is 1. The lowest BCUT2D eigenvalue weighted by Gasteiger charge is -2.13. The van der Waals surface area contributed by atoms with Gasteiger partial charge in [-0.25, -0.2) is 9.59 Å². The summed E-state index contributed by atoms with van der Waals surface area (Å²) in [7, 11) is 0. The van der Waals surface area contributed by atoms with Gasteiger partial charge < -0.3 is 26.8 Å². The lowest BCUT2D eigenvalue weighted by atomic mass is 10.0. The summed E-state index contributed by atoms with van der Waals surface area (Å²) in [5.41, 5.74) is 1.75. The van der Waals surface area contributed by atoms with Gasteiger partial charge in [-0.3, -0.25) is 0 Å². The minimum Gasteiger partial charge on any atom is -1.00 e. The number of halogens is 1. The molecule has 1 heterocycles. The third-order valence-electron chi connectivity index (χ3n) is 4.77. The van der Waals surface area contributed by atoms with E-state index in [0.717, 1.165) is 0 Å². The van der Waals surface area contributed by atoms with Crippen molar-refractivity contribution in [3.05, 3.63) is 84.4 Å². The van der Waals surface area contributed by atoms with Crippen molar-refractivity contribution in [3.63, 3.8) is 0 Å². The van der Waals surface area contributed by atoms with Gasteiger partial charge in [0.25, 0.3) is 6.04 Å². The van der Waals surface area contributed by atoms with Crippen molar-refractivity contribution < 1.29 is 41.0 Å². The topological polar surface area (TPSA) is 67.5 Å². The van der Waals surface area contributed by atoms with Gasteiger partial charge in [-0.1, -0.05) is 42.5 Å². The van der Waals surface area contributed by atoms with Gasteiger partial charge in [0.15, 0.2) is 0 Å². The molecular weight excluding hydrogens is 434 g/mol. The van der Waals surface area contributed by atoms with Crippen molar-refractivity contribution in [3.8, 4) is 5.75 Å². The van der Waals surface area contributed by atoms with E-state index in [9.17, 15) is 14.7 Å². The molecule has 0 aliphatic rings. The zero-order chi connectivity index (χ0) is 19.7. The van der Waals surface area contributed by atoms with E-state index in [1.165, 1.54) is 0 Å². The number of benzene rings is 3. The number of pyridine rings is 1. The molecule has 0 radical (unpaired) electrons. The van der Waals surface area contributed by atoms with E-state index in [4.69, 9.17) is 4.74 Å². The molecule has 6 heteroatoms. The van der Waals surface area contributed by atoms with Gasteiger partial charge in [-0.2, -0.15) is 4.57 Å². The summed E-state index contributed by atoms with van der Waals surface area (Å²) in [6.07, 6.45) is 0. The predicted octanol–water partition coefficient (Wildman–Crippen LogP) is 1.15. The maximum atomic E-state index is 13.1. The van der Waals surface area contributed by atoms with Crippen LogP contribution in [0.1, 0.15) is 23.3 Å². The first-order chi connectivity index (χ1) is 13.6. The zero-order valence-corrected chi connectivity index (χ0v) is 17.2. The van der Waals surface area contributed by atoms with Crippen molar-refractivity contribution in [2.75, 3.05) is 0 Å². The van der Waals surface area contributed by atoms with Crippen LogP contribution >= 0.6 is 0 Å². The standard InChI is InChI=1S/C23H17NO4.BrH/c1-15(22(25)26)24-19-13-7-5-11-17(19)21(18-12-6-8-14-20(18)24)23(27)28-16-9-3-2-4-10-16;/h2-15H,1H3;1H. The van der Waals surface area contributed by atoms with E-state index in [1.54, 1.807) is 35.8 Å². The fourth-order valence-electron chi connectivity index (χ4n) is 3.46. The molecule has 1 atom stereocenters. The number of carboxylic acids is 1. The Morgan fingerprint density at radius 2 is 1.31 bits per heavy atom. The van der Waals surface area contributed by atoms with Crippen LogP contribution in [0.15, 0.2) is 78.9 Å². The van der Waals surface area contributed by atoms with Crippen LogP contribution in [-0.2, 0) is 4.79 Å². The van der Waals surface area contributed by atoms with Crippen LogP contribution in [0, 0.1) is 0 Å². The third kappa shape index (κ3) is 3.71. The number of carbonyl (C=O) groups excluding carboxylic acids is 1. The molecular formula is C23H18BrNO4. The Bertz CT molecular complexity index is 1150. The van der Waals surface area contributed by atoms with Gasteiger partial charge >= 0.3 is 11.9 Å². The smallest absolute Gasteiger partial charge is 0.373 e. The van der Waals surface area contributed by atoms with Crippen molar-refractivity contribution in [2.45, 2.75) is 13.0 Å². The summed E-state index contributed by atoms with van der Waals surface area (Å²) in [4.78, 5) is 24.8. The molecule has 1 unspecified atom stereocenters. The summed E-state index contributed by atoms with van der Waals surface area (Å²) in [6, 6.07) is 22.7. The fraction of sp³-hybridized carbons (Fsp3) is 0.0870. The summed E-state index contributed by atoms with van der Waals surface area (Å²) in [5.74, 6) is -0.968. The Morgan fingerprint density at radius 1 is 0.828 bits per heavy atom. The molecule has 0 aliphatic heterocycles. The molecule has 0 spiro atoms.